The first-order chi connectivity index (χ1) is 8.56. The van der Waals surface area contributed by atoms with Crippen molar-refractivity contribution < 1.29 is 9.84 Å². The largest absolute Gasteiger partial charge is 0.488 e. The highest BCUT2D eigenvalue weighted by Crippen LogP contribution is 2.30. The van der Waals surface area contributed by atoms with Gasteiger partial charge in [0.05, 0.1) is 10.4 Å². The normalized spacial score (nSPS) is 12.4. The van der Waals surface area contributed by atoms with Gasteiger partial charge in [-0.05, 0) is 31.2 Å². The average Bonchev–Trinajstić information content (AvgIpc) is 2.72. The summed E-state index contributed by atoms with van der Waals surface area (Å²) in [6.07, 6.45) is -0.556. The molecule has 96 valence electrons. The predicted octanol–water partition coefficient (Wildman–Crippen LogP) is 4.80. The molecule has 0 saturated heterocycles. The van der Waals surface area contributed by atoms with Gasteiger partial charge < -0.3 is 9.84 Å². The van der Waals surface area contributed by atoms with Gasteiger partial charge in [-0.1, -0.05) is 33.6 Å². The van der Waals surface area contributed by atoms with Crippen LogP contribution in [0.25, 0.3) is 0 Å². The van der Waals surface area contributed by atoms with Crippen LogP contribution in [0.3, 0.4) is 0 Å². The first-order valence-corrected chi connectivity index (χ1v) is 7.39. The van der Waals surface area contributed by atoms with Crippen LogP contribution >= 0.6 is 38.9 Å². The van der Waals surface area contributed by atoms with Crippen LogP contribution in [0.2, 0.25) is 4.34 Å². The first kappa shape index (κ1) is 13.9. The maximum Gasteiger partial charge on any atom is 0.126 e. The quantitative estimate of drug-likeness (QED) is 0.861. The highest BCUT2D eigenvalue weighted by Gasteiger charge is 2.10. The van der Waals surface area contributed by atoms with Crippen LogP contribution in [0.15, 0.2) is 34.8 Å². The zero-order chi connectivity index (χ0) is 13.1. The zero-order valence-corrected chi connectivity index (χ0v) is 12.8. The smallest absolute Gasteiger partial charge is 0.126 e. The van der Waals surface area contributed by atoms with Crippen molar-refractivity contribution in [2.24, 2.45) is 0 Å². The van der Waals surface area contributed by atoms with E-state index in [4.69, 9.17) is 16.3 Å². The first-order valence-electron chi connectivity index (χ1n) is 5.41. The van der Waals surface area contributed by atoms with Crippen molar-refractivity contribution >= 4 is 38.9 Å². The molecule has 1 atom stereocenters. The number of ether oxygens (including phenoxy) is 1. The summed E-state index contributed by atoms with van der Waals surface area (Å²) in [4.78, 5) is 1.05. The van der Waals surface area contributed by atoms with E-state index in [9.17, 15) is 5.11 Å². The van der Waals surface area contributed by atoms with E-state index < -0.39 is 6.10 Å². The van der Waals surface area contributed by atoms with Crippen LogP contribution in [0.1, 0.15) is 23.5 Å². The van der Waals surface area contributed by atoms with Crippen molar-refractivity contribution in [2.45, 2.75) is 19.6 Å². The van der Waals surface area contributed by atoms with Gasteiger partial charge in [-0.15, -0.1) is 11.3 Å². The molecule has 0 fully saturated rings. The molecule has 1 unspecified atom stereocenters. The van der Waals surface area contributed by atoms with E-state index in [-0.39, 0.29) is 0 Å². The summed E-state index contributed by atoms with van der Waals surface area (Å²) in [6, 6.07) is 9.38. The molecule has 1 heterocycles. The molecule has 0 aliphatic heterocycles. The van der Waals surface area contributed by atoms with Crippen LogP contribution in [-0.2, 0) is 6.61 Å². The van der Waals surface area contributed by atoms with Crippen molar-refractivity contribution in [1.29, 1.82) is 0 Å². The topological polar surface area (TPSA) is 29.5 Å². The van der Waals surface area contributed by atoms with Gasteiger partial charge in [0.1, 0.15) is 12.4 Å². The maximum absolute atomic E-state index is 9.68. The Morgan fingerprint density at radius 1 is 1.39 bits per heavy atom. The monoisotopic (exact) mass is 346 g/mol. The second kappa shape index (κ2) is 6.06. The Kier molecular flexibility index (Phi) is 4.67. The minimum absolute atomic E-state index is 0.452. The molecular formula is C13H12BrClO2S. The fourth-order valence-electron chi connectivity index (χ4n) is 1.56. The molecule has 0 bridgehead atoms. The Bertz CT molecular complexity index is 540. The number of aliphatic hydroxyl groups is 1. The lowest BCUT2D eigenvalue weighted by atomic mass is 10.1. The lowest BCUT2D eigenvalue weighted by Gasteiger charge is -2.13. The third-order valence-electron chi connectivity index (χ3n) is 2.42. The molecule has 1 N–H and O–H groups in total. The molecule has 5 heteroatoms. The van der Waals surface area contributed by atoms with E-state index in [1.54, 1.807) is 6.92 Å². The lowest BCUT2D eigenvalue weighted by Crippen LogP contribution is -2.00. The van der Waals surface area contributed by atoms with Crippen LogP contribution in [-0.4, -0.2) is 5.11 Å². The molecule has 2 aromatic rings. The zero-order valence-electron chi connectivity index (χ0n) is 9.69. The van der Waals surface area contributed by atoms with Gasteiger partial charge >= 0.3 is 0 Å². The predicted molar refractivity (Wildman–Crippen MR) is 78.4 cm³/mol. The van der Waals surface area contributed by atoms with Gasteiger partial charge in [0.25, 0.3) is 0 Å². The molecule has 1 aromatic carbocycles. The highest BCUT2D eigenvalue weighted by atomic mass is 79.9. The number of thiophene rings is 1. The van der Waals surface area contributed by atoms with Crippen LogP contribution in [0.4, 0.5) is 0 Å². The van der Waals surface area contributed by atoms with E-state index in [0.29, 0.717) is 12.4 Å². The molecule has 0 aliphatic rings. The fourth-order valence-corrected chi connectivity index (χ4v) is 2.90. The Morgan fingerprint density at radius 2 is 2.17 bits per heavy atom. The van der Waals surface area contributed by atoms with Crippen molar-refractivity contribution in [3.8, 4) is 5.75 Å². The number of halogens is 2. The van der Waals surface area contributed by atoms with Gasteiger partial charge in [0, 0.05) is 14.9 Å². The molecule has 2 nitrogen and oxygen atoms in total. The molecule has 0 amide bonds. The third-order valence-corrected chi connectivity index (χ3v) is 4.12. The Hall–Kier alpha value is -0.550. The summed E-state index contributed by atoms with van der Waals surface area (Å²) in [6.45, 7) is 2.17. The SMILES string of the molecule is CC(O)c1ccc(Br)cc1OCc1ccc(Cl)s1. The number of hydrogen-bond donors (Lipinski definition) is 1. The summed E-state index contributed by atoms with van der Waals surface area (Å²) in [5.41, 5.74) is 0.779. The van der Waals surface area contributed by atoms with Crippen LogP contribution in [0, 0.1) is 0 Å². The summed E-state index contributed by atoms with van der Waals surface area (Å²) in [5.74, 6) is 0.684. The molecule has 18 heavy (non-hydrogen) atoms. The van der Waals surface area contributed by atoms with Gasteiger partial charge in [-0.25, -0.2) is 0 Å². The van der Waals surface area contributed by atoms with Gasteiger partial charge in [0.2, 0.25) is 0 Å². The highest BCUT2D eigenvalue weighted by molar-refractivity contribution is 9.10. The Labute approximate surface area is 123 Å². The molecule has 1 aromatic heterocycles. The molecular weight excluding hydrogens is 336 g/mol. The van der Waals surface area contributed by atoms with Crippen LogP contribution < -0.4 is 4.74 Å². The van der Waals surface area contributed by atoms with Gasteiger partial charge in [-0.2, -0.15) is 0 Å². The third kappa shape index (κ3) is 3.48. The number of rotatable bonds is 4. The lowest BCUT2D eigenvalue weighted by molar-refractivity contribution is 0.190. The summed E-state index contributed by atoms with van der Waals surface area (Å²) in [5, 5.41) is 9.68. The molecule has 0 radical (unpaired) electrons. The fraction of sp³-hybridized carbons (Fsp3) is 0.231. The summed E-state index contributed by atoms with van der Waals surface area (Å²) in [7, 11) is 0. The summed E-state index contributed by atoms with van der Waals surface area (Å²) >= 11 is 10.8. The van der Waals surface area contributed by atoms with E-state index in [1.807, 2.05) is 30.3 Å². The maximum atomic E-state index is 9.68. The minimum atomic E-state index is -0.556. The number of hydrogen-bond acceptors (Lipinski definition) is 3. The van der Waals surface area contributed by atoms with E-state index in [2.05, 4.69) is 15.9 Å². The molecule has 0 saturated carbocycles. The summed E-state index contributed by atoms with van der Waals surface area (Å²) < 4.78 is 7.41. The molecule has 0 spiro atoms. The van der Waals surface area contributed by atoms with Crippen LogP contribution in [0.5, 0.6) is 5.75 Å². The number of benzene rings is 1. The number of aliphatic hydroxyl groups excluding tert-OH is 1. The van der Waals surface area contributed by atoms with Crippen molar-refractivity contribution in [3.05, 3.63) is 49.6 Å². The average molecular weight is 348 g/mol. The molecule has 2 rings (SSSR count). The van der Waals surface area contributed by atoms with Crippen molar-refractivity contribution in [1.82, 2.24) is 0 Å². The van der Waals surface area contributed by atoms with E-state index >= 15 is 0 Å². The van der Waals surface area contributed by atoms with Crippen molar-refractivity contribution in [2.75, 3.05) is 0 Å². The molecule has 0 aliphatic carbocycles. The second-order valence-electron chi connectivity index (χ2n) is 3.85. The van der Waals surface area contributed by atoms with Gasteiger partial charge in [0.15, 0.2) is 0 Å². The standard InChI is InChI=1S/C13H12BrClO2S/c1-8(16)11-4-2-9(14)6-12(11)17-7-10-3-5-13(15)18-10/h2-6,8,16H,7H2,1H3. The van der Waals surface area contributed by atoms with Crippen molar-refractivity contribution in [3.63, 3.8) is 0 Å². The van der Waals surface area contributed by atoms with E-state index in [1.165, 1.54) is 11.3 Å². The van der Waals surface area contributed by atoms with Gasteiger partial charge in [-0.3, -0.25) is 0 Å². The minimum Gasteiger partial charge on any atom is -0.488 e. The van der Waals surface area contributed by atoms with E-state index in [0.717, 1.165) is 19.2 Å². The Morgan fingerprint density at radius 3 is 2.78 bits per heavy atom. The Balaban J connectivity index is 2.15. The second-order valence-corrected chi connectivity index (χ2v) is 6.57.